The van der Waals surface area contributed by atoms with E-state index < -0.39 is 11.6 Å². The second-order valence-corrected chi connectivity index (χ2v) is 6.00. The maximum absolute atomic E-state index is 13.2. The molecule has 0 aliphatic rings. The van der Waals surface area contributed by atoms with E-state index in [1.807, 2.05) is 11.5 Å². The summed E-state index contributed by atoms with van der Waals surface area (Å²) in [6.45, 7) is 3.61. The first-order chi connectivity index (χ1) is 12.4. The van der Waals surface area contributed by atoms with Gasteiger partial charge < -0.3 is 9.88 Å². The van der Waals surface area contributed by atoms with Gasteiger partial charge in [0.2, 0.25) is 0 Å². The molecule has 0 aliphatic carbocycles. The average molecular weight is 358 g/mol. The molecule has 134 valence electrons. The SMILES string of the molecule is Cc1cc(C(=O)CNc2ccc(F)c(F)c2)c(C)n1-c1ccc(F)cc1. The molecule has 0 atom stereocenters. The normalized spacial score (nSPS) is 10.8. The number of anilines is 1. The third kappa shape index (κ3) is 3.49. The van der Waals surface area contributed by atoms with Gasteiger partial charge in [-0.25, -0.2) is 13.2 Å². The van der Waals surface area contributed by atoms with Gasteiger partial charge in [0.1, 0.15) is 5.82 Å². The molecule has 1 N–H and O–H groups in total. The third-order valence-electron chi connectivity index (χ3n) is 4.19. The number of carbonyl (C=O) groups excluding carboxylic acids is 1. The Labute approximate surface area is 149 Å². The van der Waals surface area contributed by atoms with Crippen LogP contribution in [-0.2, 0) is 0 Å². The Morgan fingerprint density at radius 3 is 2.31 bits per heavy atom. The molecule has 0 saturated heterocycles. The molecule has 3 aromatic rings. The summed E-state index contributed by atoms with van der Waals surface area (Å²) < 4.78 is 41.2. The van der Waals surface area contributed by atoms with Crippen LogP contribution in [0.5, 0.6) is 0 Å². The summed E-state index contributed by atoms with van der Waals surface area (Å²) in [5.41, 5.74) is 3.16. The lowest BCUT2D eigenvalue weighted by atomic mass is 10.1. The lowest BCUT2D eigenvalue weighted by molar-refractivity contribution is 0.101. The van der Waals surface area contributed by atoms with Gasteiger partial charge in [-0.1, -0.05) is 0 Å². The maximum Gasteiger partial charge on any atom is 0.183 e. The molecule has 0 spiro atoms. The summed E-state index contributed by atoms with van der Waals surface area (Å²) in [5, 5.41) is 2.80. The van der Waals surface area contributed by atoms with Crippen LogP contribution in [-0.4, -0.2) is 16.9 Å². The zero-order chi connectivity index (χ0) is 18.8. The highest BCUT2D eigenvalue weighted by molar-refractivity contribution is 6.00. The number of nitrogens with one attached hydrogen (secondary N) is 1. The minimum atomic E-state index is -0.975. The van der Waals surface area contributed by atoms with E-state index in [4.69, 9.17) is 0 Å². The van der Waals surface area contributed by atoms with Crippen molar-refractivity contribution < 1.29 is 18.0 Å². The summed E-state index contributed by atoms with van der Waals surface area (Å²) in [4.78, 5) is 12.5. The van der Waals surface area contributed by atoms with Crippen LogP contribution in [0, 0.1) is 31.3 Å². The Bertz CT molecular complexity index is 962. The van der Waals surface area contributed by atoms with Crippen molar-refractivity contribution in [3.05, 3.63) is 82.9 Å². The van der Waals surface area contributed by atoms with Gasteiger partial charge in [-0.15, -0.1) is 0 Å². The van der Waals surface area contributed by atoms with Crippen LogP contribution in [0.3, 0.4) is 0 Å². The molecular weight excluding hydrogens is 341 g/mol. The number of carbonyl (C=O) groups is 1. The van der Waals surface area contributed by atoms with Gasteiger partial charge in [0.05, 0.1) is 6.54 Å². The van der Waals surface area contributed by atoms with Crippen molar-refractivity contribution in [1.29, 1.82) is 0 Å². The Hall–Kier alpha value is -3.02. The highest BCUT2D eigenvalue weighted by Crippen LogP contribution is 2.22. The van der Waals surface area contributed by atoms with Crippen molar-refractivity contribution in [2.24, 2.45) is 0 Å². The topological polar surface area (TPSA) is 34.0 Å². The van der Waals surface area contributed by atoms with Crippen LogP contribution < -0.4 is 5.32 Å². The first-order valence-electron chi connectivity index (χ1n) is 8.04. The molecule has 2 aromatic carbocycles. The minimum Gasteiger partial charge on any atom is -0.377 e. The lowest BCUT2D eigenvalue weighted by Gasteiger charge is -2.10. The molecule has 3 rings (SSSR count). The molecule has 1 aromatic heterocycles. The number of nitrogens with zero attached hydrogens (tertiary/aromatic N) is 1. The van der Waals surface area contributed by atoms with Gasteiger partial charge in [0, 0.05) is 34.4 Å². The molecule has 26 heavy (non-hydrogen) atoms. The largest absolute Gasteiger partial charge is 0.377 e. The first-order valence-corrected chi connectivity index (χ1v) is 8.04. The summed E-state index contributed by atoms with van der Waals surface area (Å²) in [7, 11) is 0. The fraction of sp³-hybridized carbons (Fsp3) is 0.150. The monoisotopic (exact) mass is 358 g/mol. The number of ketones is 1. The number of aromatic nitrogens is 1. The number of aryl methyl sites for hydroxylation is 1. The molecule has 0 amide bonds. The van der Waals surface area contributed by atoms with Crippen LogP contribution in [0.2, 0.25) is 0 Å². The molecule has 0 fully saturated rings. The highest BCUT2D eigenvalue weighted by Gasteiger charge is 2.16. The summed E-state index contributed by atoms with van der Waals surface area (Å²) >= 11 is 0. The Morgan fingerprint density at radius 1 is 0.962 bits per heavy atom. The number of hydrogen-bond donors (Lipinski definition) is 1. The van der Waals surface area contributed by atoms with E-state index in [2.05, 4.69) is 5.32 Å². The zero-order valence-electron chi connectivity index (χ0n) is 14.3. The van der Waals surface area contributed by atoms with Crippen molar-refractivity contribution in [3.8, 4) is 5.69 Å². The van der Waals surface area contributed by atoms with Crippen molar-refractivity contribution in [2.75, 3.05) is 11.9 Å². The second-order valence-electron chi connectivity index (χ2n) is 6.00. The highest BCUT2D eigenvalue weighted by atomic mass is 19.2. The predicted octanol–water partition coefficient (Wildman–Crippen LogP) is 4.81. The number of halogens is 3. The summed E-state index contributed by atoms with van der Waals surface area (Å²) in [5.74, 6) is -2.43. The first kappa shape index (κ1) is 17.8. The van der Waals surface area contributed by atoms with E-state index in [0.29, 0.717) is 11.3 Å². The Morgan fingerprint density at radius 2 is 1.65 bits per heavy atom. The Kier molecular flexibility index (Phi) is 4.84. The molecule has 0 unspecified atom stereocenters. The van der Waals surface area contributed by atoms with Crippen LogP contribution in [0.25, 0.3) is 5.69 Å². The van der Waals surface area contributed by atoms with Crippen molar-refractivity contribution in [2.45, 2.75) is 13.8 Å². The van der Waals surface area contributed by atoms with Gasteiger partial charge in [-0.3, -0.25) is 4.79 Å². The van der Waals surface area contributed by atoms with Gasteiger partial charge in [0.15, 0.2) is 17.4 Å². The van der Waals surface area contributed by atoms with Crippen LogP contribution in [0.4, 0.5) is 18.9 Å². The third-order valence-corrected chi connectivity index (χ3v) is 4.19. The molecule has 0 aliphatic heterocycles. The maximum atomic E-state index is 13.2. The van der Waals surface area contributed by atoms with Crippen molar-refractivity contribution >= 4 is 11.5 Å². The standard InChI is InChI=1S/C20H17F3N2O/c1-12-9-17(13(2)25(12)16-6-3-14(21)4-7-16)20(26)11-24-15-5-8-18(22)19(23)10-15/h3-10,24H,11H2,1-2H3. The van der Waals surface area contributed by atoms with E-state index >= 15 is 0 Å². The molecule has 3 nitrogen and oxygen atoms in total. The second kappa shape index (κ2) is 7.07. The van der Waals surface area contributed by atoms with E-state index in [0.717, 1.165) is 29.2 Å². The molecule has 0 radical (unpaired) electrons. The average Bonchev–Trinajstić information content (AvgIpc) is 2.91. The van der Waals surface area contributed by atoms with E-state index in [1.165, 1.54) is 18.2 Å². The fourth-order valence-electron chi connectivity index (χ4n) is 2.92. The van der Waals surface area contributed by atoms with Crippen molar-refractivity contribution in [3.63, 3.8) is 0 Å². The minimum absolute atomic E-state index is 0.0568. The van der Waals surface area contributed by atoms with Gasteiger partial charge in [0.25, 0.3) is 0 Å². The van der Waals surface area contributed by atoms with Gasteiger partial charge in [-0.05, 0) is 56.3 Å². The van der Waals surface area contributed by atoms with Gasteiger partial charge in [-0.2, -0.15) is 0 Å². The number of hydrogen-bond acceptors (Lipinski definition) is 2. The van der Waals surface area contributed by atoms with Crippen molar-refractivity contribution in [1.82, 2.24) is 4.57 Å². The molecule has 6 heteroatoms. The summed E-state index contributed by atoms with van der Waals surface area (Å²) in [6.07, 6.45) is 0. The molecule has 1 heterocycles. The van der Waals surface area contributed by atoms with Crippen LogP contribution >= 0.6 is 0 Å². The summed E-state index contributed by atoms with van der Waals surface area (Å²) in [6, 6.07) is 11.1. The zero-order valence-corrected chi connectivity index (χ0v) is 14.3. The quantitative estimate of drug-likeness (QED) is 0.665. The number of benzene rings is 2. The molecular formula is C20H17F3N2O. The van der Waals surface area contributed by atoms with E-state index in [1.54, 1.807) is 25.1 Å². The predicted molar refractivity (Wildman–Crippen MR) is 94.4 cm³/mol. The fourth-order valence-corrected chi connectivity index (χ4v) is 2.92. The molecule has 0 saturated carbocycles. The van der Waals surface area contributed by atoms with Gasteiger partial charge >= 0.3 is 0 Å². The number of rotatable bonds is 5. The number of Topliss-reactive ketones (excluding diaryl/α,β-unsaturated/α-hetero) is 1. The smallest absolute Gasteiger partial charge is 0.183 e. The lowest BCUT2D eigenvalue weighted by Crippen LogP contribution is -2.15. The Balaban J connectivity index is 1.80. The van der Waals surface area contributed by atoms with E-state index in [9.17, 15) is 18.0 Å². The van der Waals surface area contributed by atoms with E-state index in [-0.39, 0.29) is 18.1 Å². The molecule has 0 bridgehead atoms. The van der Waals surface area contributed by atoms with Crippen LogP contribution in [0.15, 0.2) is 48.5 Å². The van der Waals surface area contributed by atoms with Crippen LogP contribution in [0.1, 0.15) is 21.7 Å².